The van der Waals surface area contributed by atoms with Crippen molar-refractivity contribution in [2.45, 2.75) is 38.9 Å². The maximum atomic E-state index is 9.72. The van der Waals surface area contributed by atoms with Crippen molar-refractivity contribution in [1.82, 2.24) is 0 Å². The second-order valence-electron chi connectivity index (χ2n) is 3.43. The monoisotopic (exact) mass is 482 g/mol. The van der Waals surface area contributed by atoms with Gasteiger partial charge in [-0.1, -0.05) is 0 Å². The van der Waals surface area contributed by atoms with Crippen LogP contribution in [0.25, 0.3) is 14.5 Å². The van der Waals surface area contributed by atoms with Gasteiger partial charge in [-0.2, -0.15) is 0 Å². The molecule has 156 valence electrons. The third-order valence-electron chi connectivity index (χ3n) is 1.65. The summed E-state index contributed by atoms with van der Waals surface area (Å²) < 4.78 is 0. The number of nitrogens with zero attached hydrogens (tertiary/aromatic N) is 3. The van der Waals surface area contributed by atoms with E-state index in [9.17, 15) is 14.4 Å². The standard InChI is InChI=1S/3C4H5NO2.3CHO.Mo/c3*1-3(5-2)4(6)7;3*1-2;/h3*3H,1H3,(H,6,7);3*1H;/q;;;3*-1;. The molecule has 0 heterocycles. The van der Waals surface area contributed by atoms with Crippen molar-refractivity contribution in [3.8, 4) is 0 Å². The molecule has 3 unspecified atom stereocenters. The van der Waals surface area contributed by atoms with Gasteiger partial charge >= 0.3 is 36.0 Å². The molecule has 0 saturated carbocycles. The van der Waals surface area contributed by atoms with E-state index in [0.717, 1.165) is 0 Å². The van der Waals surface area contributed by atoms with Crippen LogP contribution in [-0.4, -0.2) is 71.7 Å². The summed E-state index contributed by atoms with van der Waals surface area (Å²) in [6, 6.07) is -2.67. The SMILES string of the molecule is [C-]#[N+]C(C)C(=O)O.[C-]#[N+]C(C)C(=O)O.[C-]#[N+]C(C)C(=O)O.[CH-]=O.[CH-]=O.[CH-]=O.[Mo]. The Morgan fingerprint density at radius 1 is 0.607 bits per heavy atom. The van der Waals surface area contributed by atoms with Crippen LogP contribution in [0.15, 0.2) is 0 Å². The van der Waals surface area contributed by atoms with E-state index in [1.165, 1.54) is 20.8 Å². The van der Waals surface area contributed by atoms with E-state index in [2.05, 4.69) is 34.9 Å². The Kier molecular flexibility index (Phi) is 61.4. The molecular formula is C15H18MoN3O9-3. The van der Waals surface area contributed by atoms with Gasteiger partial charge in [-0.05, 0) is 0 Å². The van der Waals surface area contributed by atoms with E-state index in [0.29, 0.717) is 0 Å². The van der Waals surface area contributed by atoms with E-state index in [1.54, 1.807) is 0 Å². The number of carboxylic acid groups (broad SMARTS) is 3. The Hall–Kier alpha value is -3.42. The smallest absolute Gasteiger partial charge is 0.387 e. The summed E-state index contributed by atoms with van der Waals surface area (Å²) in [6.07, 6.45) is 0. The number of carbonyl (C=O) groups is 3. The van der Waals surface area contributed by atoms with E-state index >= 15 is 0 Å². The van der Waals surface area contributed by atoms with E-state index in [-0.39, 0.29) is 21.1 Å². The largest absolute Gasteiger partial charge is 0.545 e. The van der Waals surface area contributed by atoms with Gasteiger partial charge in [-0.25, -0.2) is 34.1 Å². The molecule has 3 N–H and O–H groups in total. The average Bonchev–Trinajstić information content (AvgIpc) is 2.71. The first-order valence-electron chi connectivity index (χ1n) is 6.03. The Bertz CT molecular complexity index is 462. The van der Waals surface area contributed by atoms with Gasteiger partial charge in [0.1, 0.15) is 0 Å². The Balaban J connectivity index is -0.0000000408. The van der Waals surface area contributed by atoms with Crippen LogP contribution in [0.3, 0.4) is 0 Å². The van der Waals surface area contributed by atoms with Crippen molar-refractivity contribution >= 4 is 38.3 Å². The van der Waals surface area contributed by atoms with Crippen molar-refractivity contribution in [2.75, 3.05) is 0 Å². The molecule has 0 aromatic carbocycles. The van der Waals surface area contributed by atoms with Gasteiger partial charge in [0.2, 0.25) is 0 Å². The van der Waals surface area contributed by atoms with Crippen LogP contribution in [-0.2, 0) is 49.8 Å². The van der Waals surface area contributed by atoms with Gasteiger partial charge in [0.05, 0.1) is 0 Å². The fraction of sp³-hybridized carbons (Fsp3) is 0.400. The van der Waals surface area contributed by atoms with Crippen LogP contribution in [0.4, 0.5) is 0 Å². The number of rotatable bonds is 3. The summed E-state index contributed by atoms with van der Waals surface area (Å²) in [5, 5.41) is 23.9. The first kappa shape index (κ1) is 44.2. The van der Waals surface area contributed by atoms with Crippen LogP contribution >= 0.6 is 0 Å². The fourth-order valence-corrected chi connectivity index (χ4v) is 0.166. The van der Waals surface area contributed by atoms with Crippen molar-refractivity contribution in [3.63, 3.8) is 0 Å². The third kappa shape index (κ3) is 49.5. The molecule has 0 spiro atoms. The minimum Gasteiger partial charge on any atom is -0.545 e. The zero-order chi connectivity index (χ0) is 23.6. The van der Waals surface area contributed by atoms with Gasteiger partial charge in [-0.15, -0.1) is 0 Å². The second kappa shape index (κ2) is 38.9. The Morgan fingerprint density at radius 2 is 0.714 bits per heavy atom. The first-order valence-corrected chi connectivity index (χ1v) is 6.03. The maximum Gasteiger partial charge on any atom is 0.387 e. The molecule has 12 nitrogen and oxygen atoms in total. The fourth-order valence-electron chi connectivity index (χ4n) is 0.166. The van der Waals surface area contributed by atoms with Gasteiger partial charge < -0.3 is 44.2 Å². The molecule has 0 aliphatic rings. The average molecular weight is 480 g/mol. The number of aliphatic carboxylic acids is 3. The van der Waals surface area contributed by atoms with Crippen LogP contribution in [0.2, 0.25) is 0 Å². The second-order valence-corrected chi connectivity index (χ2v) is 3.43. The summed E-state index contributed by atoms with van der Waals surface area (Å²) in [5.74, 6) is -3.18. The molecule has 0 saturated heterocycles. The molecule has 0 aliphatic heterocycles. The van der Waals surface area contributed by atoms with E-state index in [1.807, 2.05) is 0 Å². The number of hydrogen-bond acceptors (Lipinski definition) is 6. The van der Waals surface area contributed by atoms with Crippen molar-refractivity contribution in [3.05, 3.63) is 34.3 Å². The van der Waals surface area contributed by atoms with Gasteiger partial charge in [0.15, 0.2) is 0 Å². The molecule has 28 heavy (non-hydrogen) atoms. The molecule has 0 aromatic heterocycles. The quantitative estimate of drug-likeness (QED) is 0.292. The normalized spacial score (nSPS) is 9.43. The number of hydrogen-bond donors (Lipinski definition) is 3. The summed E-state index contributed by atoms with van der Waals surface area (Å²) >= 11 is 0. The van der Waals surface area contributed by atoms with Crippen molar-refractivity contribution in [1.29, 1.82) is 0 Å². The third-order valence-corrected chi connectivity index (χ3v) is 1.65. The van der Waals surface area contributed by atoms with Gasteiger partial charge in [0.25, 0.3) is 0 Å². The Morgan fingerprint density at radius 3 is 0.714 bits per heavy atom. The van der Waals surface area contributed by atoms with E-state index in [4.69, 9.17) is 49.4 Å². The molecule has 0 radical (unpaired) electrons. The number of carboxylic acids is 3. The summed E-state index contributed by atoms with van der Waals surface area (Å²) in [7, 11) is 0. The van der Waals surface area contributed by atoms with Crippen LogP contribution in [0.1, 0.15) is 20.8 Å². The minimum atomic E-state index is -1.06. The van der Waals surface area contributed by atoms with Crippen molar-refractivity contribution < 1.29 is 65.2 Å². The van der Waals surface area contributed by atoms with E-state index < -0.39 is 36.0 Å². The first-order chi connectivity index (χ1) is 12.5. The minimum absolute atomic E-state index is 0. The van der Waals surface area contributed by atoms with Crippen molar-refractivity contribution in [2.24, 2.45) is 0 Å². The Labute approximate surface area is 176 Å². The maximum absolute atomic E-state index is 9.72. The molecule has 0 rings (SSSR count). The molecule has 0 bridgehead atoms. The van der Waals surface area contributed by atoms with Gasteiger partial charge in [-0.3, -0.25) is 20.4 Å². The van der Waals surface area contributed by atoms with Crippen LogP contribution in [0, 0.1) is 19.7 Å². The molecule has 3 atom stereocenters. The molecule has 13 heteroatoms. The summed E-state index contributed by atoms with van der Waals surface area (Å²) in [4.78, 5) is 60.6. The zero-order valence-electron chi connectivity index (χ0n) is 15.0. The summed E-state index contributed by atoms with van der Waals surface area (Å²) in [5.41, 5.74) is 0. The zero-order valence-corrected chi connectivity index (χ0v) is 17.0. The molecule has 0 aromatic rings. The molecule has 0 amide bonds. The molecule has 0 aliphatic carbocycles. The molecule has 0 fully saturated rings. The molecular weight excluding hydrogens is 462 g/mol. The van der Waals surface area contributed by atoms with Crippen LogP contribution < -0.4 is 0 Å². The predicted molar refractivity (Wildman–Crippen MR) is 91.4 cm³/mol. The topological polar surface area (TPSA) is 176 Å². The van der Waals surface area contributed by atoms with Gasteiger partial charge in [0, 0.05) is 41.8 Å². The number of carbonyl (C=O) groups excluding carboxylic acids is 3. The summed E-state index contributed by atoms with van der Waals surface area (Å²) in [6.45, 7) is 32.3. The van der Waals surface area contributed by atoms with Crippen LogP contribution in [0.5, 0.6) is 0 Å². The predicted octanol–water partition coefficient (Wildman–Crippen LogP) is 0.312.